The Morgan fingerprint density at radius 3 is 0.963 bits per heavy atom. The van der Waals surface area contributed by atoms with Crippen molar-refractivity contribution in [3.63, 3.8) is 0 Å². The van der Waals surface area contributed by atoms with Crippen LogP contribution in [0.25, 0.3) is 0 Å². The van der Waals surface area contributed by atoms with Crippen LogP contribution < -0.4 is 5.64 Å². The zero-order valence-electron chi connectivity index (χ0n) is 20.4. The monoisotopic (exact) mass is 383 g/mol. The van der Waals surface area contributed by atoms with Crippen molar-refractivity contribution in [2.45, 2.75) is 119 Å². The summed E-state index contributed by atoms with van der Waals surface area (Å²) in [6.07, 6.45) is 3.75. The fraction of sp³-hybridized carbons (Fsp3) is 0.909. The normalized spacial score (nSPS) is 19.5. The van der Waals surface area contributed by atoms with Crippen LogP contribution in [0.15, 0.2) is 9.98 Å². The minimum absolute atomic E-state index is 0.171. The molecule has 2 atom stereocenters. The largest absolute Gasteiger partial charge is 0.289 e. The first-order chi connectivity index (χ1) is 11.6. The van der Waals surface area contributed by atoms with E-state index in [0.717, 1.165) is 0 Å². The zero-order valence-corrected chi connectivity index (χ0v) is 20.4. The predicted molar refractivity (Wildman–Crippen MR) is 118 cm³/mol. The van der Waals surface area contributed by atoms with Gasteiger partial charge in [0.1, 0.15) is 11.2 Å². The van der Waals surface area contributed by atoms with Crippen molar-refractivity contribution in [1.29, 1.82) is 0 Å². The summed E-state index contributed by atoms with van der Waals surface area (Å²) in [5.74, 6) is 0. The van der Waals surface area contributed by atoms with Crippen LogP contribution >= 0.6 is 0 Å². The maximum atomic E-state index is 6.03. The molecule has 27 heavy (non-hydrogen) atoms. The lowest BCUT2D eigenvalue weighted by Gasteiger charge is -2.42. The van der Waals surface area contributed by atoms with Crippen LogP contribution in [0.5, 0.6) is 0 Å². The van der Waals surface area contributed by atoms with E-state index >= 15 is 0 Å². The molecule has 0 fully saturated rings. The Balaban J connectivity index is 5.48. The molecule has 0 aliphatic carbocycles. The highest BCUT2D eigenvalue weighted by Crippen LogP contribution is 2.34. The molecule has 0 heterocycles. The van der Waals surface area contributed by atoms with Crippen molar-refractivity contribution >= 4 is 12.4 Å². The van der Waals surface area contributed by atoms with Crippen molar-refractivity contribution in [2.24, 2.45) is 20.8 Å². The molecule has 5 heteroatoms. The van der Waals surface area contributed by atoms with Gasteiger partial charge < -0.3 is 0 Å². The van der Waals surface area contributed by atoms with Crippen LogP contribution in [0, 0.1) is 10.8 Å². The lowest BCUT2D eigenvalue weighted by atomic mass is 9.78. The maximum absolute atomic E-state index is 6.03. The maximum Gasteiger partial charge on any atom is 0.129 e. The van der Waals surface area contributed by atoms with Gasteiger partial charge in [0, 0.05) is 12.4 Å². The minimum atomic E-state index is -0.653. The lowest BCUT2D eigenvalue weighted by molar-refractivity contribution is -0.275. The van der Waals surface area contributed by atoms with Gasteiger partial charge in [-0.05, 0) is 66.2 Å². The summed E-state index contributed by atoms with van der Waals surface area (Å²) < 4.78 is 0. The van der Waals surface area contributed by atoms with Crippen LogP contribution in [0.1, 0.15) is 96.9 Å². The summed E-state index contributed by atoms with van der Waals surface area (Å²) in [5.41, 5.74) is 0.754. The standard InChI is InChI=1S/C22H45N3O2/c1-17(2,3)21(13,15-23-19(7,8)9)26-25-27-22(14,18(4,5)6)16-24-20(10,11)12/h15-16,25H,1-14H3. The molecule has 5 nitrogen and oxygen atoms in total. The minimum Gasteiger partial charge on any atom is -0.289 e. The van der Waals surface area contributed by atoms with Gasteiger partial charge in [0.15, 0.2) is 0 Å². The highest BCUT2D eigenvalue weighted by molar-refractivity contribution is 5.70. The van der Waals surface area contributed by atoms with Crippen LogP contribution in [-0.4, -0.2) is 34.7 Å². The summed E-state index contributed by atoms with van der Waals surface area (Å²) in [4.78, 5) is 21.4. The molecule has 0 amide bonds. The molecule has 160 valence electrons. The third kappa shape index (κ3) is 8.84. The molecule has 0 saturated carbocycles. The van der Waals surface area contributed by atoms with E-state index in [9.17, 15) is 0 Å². The number of aliphatic imine (C=N–C) groups is 2. The second-order valence-electron chi connectivity index (χ2n) is 11.9. The number of hydrogen-bond donors (Lipinski definition) is 1. The second kappa shape index (κ2) is 8.30. The number of nitrogens with one attached hydrogen (secondary N) is 1. The SMILES string of the molecule is CC(C)(C)N=CC(C)(ONOC(C)(C=NC(C)(C)C)C(C)(C)C)C(C)(C)C. The Bertz CT molecular complexity index is 480. The fourth-order valence-corrected chi connectivity index (χ4v) is 1.57. The highest BCUT2D eigenvalue weighted by atomic mass is 16.9. The smallest absolute Gasteiger partial charge is 0.129 e. The van der Waals surface area contributed by atoms with Gasteiger partial charge in [0.25, 0.3) is 0 Å². The fourth-order valence-electron chi connectivity index (χ4n) is 1.57. The molecule has 2 unspecified atom stereocenters. The molecule has 0 aromatic rings. The summed E-state index contributed by atoms with van der Waals surface area (Å²) in [7, 11) is 0. The van der Waals surface area contributed by atoms with E-state index in [0.29, 0.717) is 0 Å². The summed E-state index contributed by atoms with van der Waals surface area (Å²) in [6.45, 7) is 29.1. The van der Waals surface area contributed by atoms with Crippen LogP contribution in [0.2, 0.25) is 0 Å². The van der Waals surface area contributed by atoms with Crippen molar-refractivity contribution < 1.29 is 9.68 Å². The lowest BCUT2D eigenvalue weighted by Crippen LogP contribution is -2.53. The van der Waals surface area contributed by atoms with Crippen molar-refractivity contribution in [1.82, 2.24) is 5.64 Å². The highest BCUT2D eigenvalue weighted by Gasteiger charge is 2.42. The second-order valence-corrected chi connectivity index (χ2v) is 11.9. The Hall–Kier alpha value is -0.780. The molecular weight excluding hydrogens is 338 g/mol. The average molecular weight is 384 g/mol. The summed E-state index contributed by atoms with van der Waals surface area (Å²) in [5, 5.41) is 0. The van der Waals surface area contributed by atoms with Gasteiger partial charge in [-0.25, -0.2) is 0 Å². The zero-order chi connectivity index (χ0) is 21.9. The average Bonchev–Trinajstić information content (AvgIpc) is 2.39. The summed E-state index contributed by atoms with van der Waals surface area (Å²) >= 11 is 0. The third-order valence-electron chi connectivity index (χ3n) is 4.88. The van der Waals surface area contributed by atoms with E-state index in [-0.39, 0.29) is 21.9 Å². The first-order valence-corrected chi connectivity index (χ1v) is 9.86. The Morgan fingerprint density at radius 2 is 0.778 bits per heavy atom. The Morgan fingerprint density at radius 1 is 0.519 bits per heavy atom. The Labute approximate surface area is 168 Å². The predicted octanol–water partition coefficient (Wildman–Crippen LogP) is 5.79. The van der Waals surface area contributed by atoms with E-state index in [2.05, 4.69) is 98.7 Å². The number of nitrogens with zero attached hydrogens (tertiary/aromatic N) is 2. The van der Waals surface area contributed by atoms with Crippen molar-refractivity contribution in [3.05, 3.63) is 0 Å². The van der Waals surface area contributed by atoms with Gasteiger partial charge in [-0.2, -0.15) is 0 Å². The topological polar surface area (TPSA) is 55.2 Å². The molecule has 0 radical (unpaired) electrons. The quantitative estimate of drug-likeness (QED) is 0.467. The van der Waals surface area contributed by atoms with E-state index in [1.807, 2.05) is 26.3 Å². The molecule has 0 spiro atoms. The van der Waals surface area contributed by atoms with Gasteiger partial charge in [-0.1, -0.05) is 47.2 Å². The molecule has 0 rings (SSSR count). The van der Waals surface area contributed by atoms with E-state index in [4.69, 9.17) is 9.68 Å². The van der Waals surface area contributed by atoms with Crippen LogP contribution in [0.4, 0.5) is 0 Å². The van der Waals surface area contributed by atoms with E-state index in [1.165, 1.54) is 0 Å². The molecule has 0 saturated heterocycles. The van der Waals surface area contributed by atoms with Gasteiger partial charge in [0.2, 0.25) is 0 Å². The Kier molecular flexibility index (Phi) is 8.06. The van der Waals surface area contributed by atoms with Gasteiger partial charge in [-0.15, -0.1) is 0 Å². The van der Waals surface area contributed by atoms with E-state index in [1.54, 1.807) is 0 Å². The molecule has 1 N–H and O–H groups in total. The van der Waals surface area contributed by atoms with Gasteiger partial charge in [-0.3, -0.25) is 19.7 Å². The first kappa shape index (κ1) is 26.2. The molecule has 0 aromatic heterocycles. The first-order valence-electron chi connectivity index (χ1n) is 9.86. The van der Waals surface area contributed by atoms with E-state index < -0.39 is 11.2 Å². The van der Waals surface area contributed by atoms with Crippen LogP contribution in [-0.2, 0) is 9.68 Å². The molecule has 0 aromatic carbocycles. The molecular formula is C22H45N3O2. The molecule has 0 bridgehead atoms. The van der Waals surface area contributed by atoms with Gasteiger partial charge >= 0.3 is 0 Å². The number of rotatable bonds is 6. The molecule has 0 aliphatic heterocycles. The van der Waals surface area contributed by atoms with Crippen LogP contribution in [0.3, 0.4) is 0 Å². The van der Waals surface area contributed by atoms with Crippen molar-refractivity contribution in [2.75, 3.05) is 0 Å². The van der Waals surface area contributed by atoms with Crippen molar-refractivity contribution in [3.8, 4) is 0 Å². The molecule has 0 aliphatic rings. The third-order valence-corrected chi connectivity index (χ3v) is 4.88. The number of hydrogen-bond acceptors (Lipinski definition) is 5. The summed E-state index contributed by atoms with van der Waals surface area (Å²) in [6, 6.07) is 0. The van der Waals surface area contributed by atoms with Gasteiger partial charge in [0.05, 0.1) is 11.1 Å².